The first-order valence-electron chi connectivity index (χ1n) is 8.90. The average Bonchev–Trinajstić information content (AvgIpc) is 3.02. The van der Waals surface area contributed by atoms with Crippen LogP contribution in [-0.2, 0) is 9.53 Å². The third-order valence-electron chi connectivity index (χ3n) is 5.57. The molecule has 1 heterocycles. The predicted molar refractivity (Wildman–Crippen MR) is 97.7 cm³/mol. The molecule has 1 aromatic heterocycles. The van der Waals surface area contributed by atoms with E-state index in [1.54, 1.807) is 25.5 Å². The summed E-state index contributed by atoms with van der Waals surface area (Å²) in [5.74, 6) is -1.63. The van der Waals surface area contributed by atoms with Gasteiger partial charge in [-0.2, -0.15) is 0 Å². The Balaban J connectivity index is 1.87. The van der Waals surface area contributed by atoms with E-state index < -0.39 is 22.8 Å². The number of ether oxygens (including phenoxy) is 1. The third-order valence-corrected chi connectivity index (χ3v) is 5.57. The summed E-state index contributed by atoms with van der Waals surface area (Å²) in [5, 5.41) is 20.6. The first kappa shape index (κ1) is 19.0. The number of nitrogens with zero attached hydrogens (tertiary/aromatic N) is 3. The normalized spacial score (nSPS) is 23.5. The molecule has 1 aliphatic rings. The molecular weight excluding hydrogens is 348 g/mol. The Morgan fingerprint density at radius 2 is 2.00 bits per heavy atom. The summed E-state index contributed by atoms with van der Waals surface area (Å²) < 4.78 is 7.18. The number of carbonyl (C=O) groups excluding carboxylic acids is 1. The van der Waals surface area contributed by atoms with Gasteiger partial charge in [0.1, 0.15) is 5.54 Å². The molecule has 1 amide bonds. The molecule has 0 radical (unpaired) electrons. The van der Waals surface area contributed by atoms with E-state index in [-0.39, 0.29) is 18.2 Å². The van der Waals surface area contributed by atoms with Crippen LogP contribution in [0.25, 0.3) is 5.69 Å². The fourth-order valence-corrected chi connectivity index (χ4v) is 3.64. The van der Waals surface area contributed by atoms with Crippen LogP contribution in [0.1, 0.15) is 43.4 Å². The van der Waals surface area contributed by atoms with Crippen LogP contribution in [0.15, 0.2) is 30.3 Å². The molecule has 0 saturated heterocycles. The number of amides is 1. The Bertz CT molecular complexity index is 862. The van der Waals surface area contributed by atoms with E-state index >= 15 is 0 Å². The Morgan fingerprint density at radius 1 is 1.33 bits per heavy atom. The van der Waals surface area contributed by atoms with Gasteiger partial charge in [0.25, 0.3) is 5.91 Å². The van der Waals surface area contributed by atoms with Gasteiger partial charge >= 0.3 is 5.97 Å². The average molecular weight is 372 g/mol. The summed E-state index contributed by atoms with van der Waals surface area (Å²) in [6.07, 6.45) is -0.0270. The van der Waals surface area contributed by atoms with Crippen LogP contribution in [0.2, 0.25) is 0 Å². The molecule has 1 saturated carbocycles. The Labute approximate surface area is 157 Å². The second-order valence-corrected chi connectivity index (χ2v) is 7.31. The number of carboxylic acids is 1. The first-order valence-corrected chi connectivity index (χ1v) is 8.90. The van der Waals surface area contributed by atoms with Gasteiger partial charge in [0.05, 0.1) is 17.5 Å². The number of rotatable bonds is 6. The van der Waals surface area contributed by atoms with Crippen LogP contribution in [-0.4, -0.2) is 50.2 Å². The maximum absolute atomic E-state index is 12.8. The summed E-state index contributed by atoms with van der Waals surface area (Å²) in [6, 6.07) is 9.31. The lowest BCUT2D eigenvalue weighted by Gasteiger charge is -2.58. The number of aliphatic carboxylic acids is 1. The maximum Gasteiger partial charge on any atom is 0.330 e. The van der Waals surface area contributed by atoms with Gasteiger partial charge in [-0.1, -0.05) is 37.3 Å². The Hall–Kier alpha value is -2.74. The standard InChI is InChI=1S/C19H24N4O4/c1-5-27-14-11-19(17(25)26,18(14,3)4)20-16(24)15-12(2)23(22-21-15)13-9-7-6-8-10-13/h6-10,14H,5,11H2,1-4H3,(H,20,24)(H,25,26). The maximum atomic E-state index is 12.8. The molecule has 2 unspecified atom stereocenters. The zero-order chi connectivity index (χ0) is 19.8. The molecule has 0 aliphatic heterocycles. The van der Waals surface area contributed by atoms with Gasteiger partial charge < -0.3 is 15.2 Å². The molecule has 3 rings (SSSR count). The molecule has 27 heavy (non-hydrogen) atoms. The molecular formula is C19H24N4O4. The van der Waals surface area contributed by atoms with E-state index in [1.807, 2.05) is 37.3 Å². The summed E-state index contributed by atoms with van der Waals surface area (Å²) in [4.78, 5) is 24.9. The van der Waals surface area contributed by atoms with Crippen molar-refractivity contribution in [3.63, 3.8) is 0 Å². The van der Waals surface area contributed by atoms with E-state index in [0.717, 1.165) is 5.69 Å². The van der Waals surface area contributed by atoms with E-state index in [2.05, 4.69) is 15.6 Å². The van der Waals surface area contributed by atoms with Gasteiger partial charge in [0, 0.05) is 18.4 Å². The SMILES string of the molecule is CCOC1CC(NC(=O)c2nnn(-c3ccccc3)c2C)(C(=O)O)C1(C)C. The summed E-state index contributed by atoms with van der Waals surface area (Å²) >= 11 is 0. The van der Waals surface area contributed by atoms with Crippen molar-refractivity contribution in [1.29, 1.82) is 0 Å². The van der Waals surface area contributed by atoms with Crippen LogP contribution >= 0.6 is 0 Å². The number of hydrogen-bond donors (Lipinski definition) is 2. The van der Waals surface area contributed by atoms with Crippen molar-refractivity contribution in [2.24, 2.45) is 5.41 Å². The summed E-state index contributed by atoms with van der Waals surface area (Å²) in [7, 11) is 0. The number of carbonyl (C=O) groups is 2. The lowest BCUT2D eigenvalue weighted by molar-refractivity contribution is -0.190. The van der Waals surface area contributed by atoms with E-state index in [9.17, 15) is 14.7 Å². The van der Waals surface area contributed by atoms with Crippen molar-refractivity contribution in [3.05, 3.63) is 41.7 Å². The lowest BCUT2D eigenvalue weighted by atomic mass is 9.54. The van der Waals surface area contributed by atoms with Crippen molar-refractivity contribution in [1.82, 2.24) is 20.3 Å². The fraction of sp³-hybridized carbons (Fsp3) is 0.474. The van der Waals surface area contributed by atoms with Crippen LogP contribution in [0, 0.1) is 12.3 Å². The van der Waals surface area contributed by atoms with Crippen molar-refractivity contribution in [2.45, 2.75) is 45.8 Å². The molecule has 8 nitrogen and oxygen atoms in total. The van der Waals surface area contributed by atoms with Crippen molar-refractivity contribution >= 4 is 11.9 Å². The number of carboxylic acid groups (broad SMARTS) is 1. The van der Waals surface area contributed by atoms with Gasteiger partial charge in [-0.05, 0) is 26.0 Å². The number of hydrogen-bond acceptors (Lipinski definition) is 5. The molecule has 1 fully saturated rings. The number of nitrogens with one attached hydrogen (secondary N) is 1. The Morgan fingerprint density at radius 3 is 2.56 bits per heavy atom. The highest BCUT2D eigenvalue weighted by Crippen LogP contribution is 2.51. The molecule has 8 heteroatoms. The summed E-state index contributed by atoms with van der Waals surface area (Å²) in [5.41, 5.74) is -0.747. The highest BCUT2D eigenvalue weighted by Gasteiger charge is 2.66. The highest BCUT2D eigenvalue weighted by molar-refractivity contribution is 5.98. The molecule has 144 valence electrons. The zero-order valence-corrected chi connectivity index (χ0v) is 15.9. The Kier molecular flexibility index (Phi) is 4.77. The minimum atomic E-state index is -1.41. The van der Waals surface area contributed by atoms with Crippen LogP contribution in [0.4, 0.5) is 0 Å². The highest BCUT2D eigenvalue weighted by atomic mass is 16.5. The van der Waals surface area contributed by atoms with Gasteiger partial charge in [-0.25, -0.2) is 9.48 Å². The minimum Gasteiger partial charge on any atom is -0.479 e. The molecule has 1 aromatic carbocycles. The predicted octanol–water partition coefficient (Wildman–Crippen LogP) is 1.96. The van der Waals surface area contributed by atoms with Crippen molar-refractivity contribution in [2.75, 3.05) is 6.61 Å². The lowest BCUT2D eigenvalue weighted by Crippen LogP contribution is -2.76. The largest absolute Gasteiger partial charge is 0.479 e. The summed E-state index contributed by atoms with van der Waals surface area (Å²) in [6.45, 7) is 7.66. The van der Waals surface area contributed by atoms with Gasteiger partial charge in [0.15, 0.2) is 5.69 Å². The monoisotopic (exact) mass is 372 g/mol. The molecule has 0 spiro atoms. The first-order chi connectivity index (χ1) is 12.7. The molecule has 1 aliphatic carbocycles. The van der Waals surface area contributed by atoms with E-state index in [4.69, 9.17) is 4.74 Å². The topological polar surface area (TPSA) is 106 Å². The van der Waals surface area contributed by atoms with Crippen molar-refractivity contribution < 1.29 is 19.4 Å². The minimum absolute atomic E-state index is 0.107. The van der Waals surface area contributed by atoms with Crippen LogP contribution < -0.4 is 5.32 Å². The molecule has 0 bridgehead atoms. The van der Waals surface area contributed by atoms with Gasteiger partial charge in [0.2, 0.25) is 0 Å². The molecule has 2 aromatic rings. The van der Waals surface area contributed by atoms with Crippen LogP contribution in [0.5, 0.6) is 0 Å². The molecule has 2 N–H and O–H groups in total. The van der Waals surface area contributed by atoms with E-state index in [1.165, 1.54) is 0 Å². The van der Waals surface area contributed by atoms with Crippen LogP contribution in [0.3, 0.4) is 0 Å². The van der Waals surface area contributed by atoms with Gasteiger partial charge in [-0.3, -0.25) is 4.79 Å². The molecule has 2 atom stereocenters. The smallest absolute Gasteiger partial charge is 0.330 e. The number of aromatic nitrogens is 3. The number of benzene rings is 1. The fourth-order valence-electron chi connectivity index (χ4n) is 3.64. The van der Waals surface area contributed by atoms with E-state index in [0.29, 0.717) is 12.3 Å². The second kappa shape index (κ2) is 6.77. The second-order valence-electron chi connectivity index (χ2n) is 7.31. The van der Waals surface area contributed by atoms with Gasteiger partial charge in [-0.15, -0.1) is 5.10 Å². The zero-order valence-electron chi connectivity index (χ0n) is 15.9. The number of para-hydroxylation sites is 1. The quantitative estimate of drug-likeness (QED) is 0.803. The van der Waals surface area contributed by atoms with Crippen molar-refractivity contribution in [3.8, 4) is 5.69 Å². The third kappa shape index (κ3) is 2.90.